The predicted octanol–water partition coefficient (Wildman–Crippen LogP) is 0.450. The number of hydrogen-bond donors (Lipinski definition) is 1. The Morgan fingerprint density at radius 3 is 2.54 bits per heavy atom. The van der Waals surface area contributed by atoms with Crippen molar-refractivity contribution >= 4 is 5.91 Å². The summed E-state index contributed by atoms with van der Waals surface area (Å²) in [7, 11) is 1.86. The van der Waals surface area contributed by atoms with Gasteiger partial charge in [0.1, 0.15) is 0 Å². The minimum absolute atomic E-state index is 0.317. The van der Waals surface area contributed by atoms with Gasteiger partial charge in [-0.1, -0.05) is 0 Å². The normalized spacial score (nSPS) is 35.7. The molecule has 1 amide bonds. The van der Waals surface area contributed by atoms with Crippen LogP contribution in [-0.4, -0.2) is 30.9 Å². The molecule has 2 atom stereocenters. The lowest BCUT2D eigenvalue weighted by atomic mass is 10.0. The second-order valence-electron chi connectivity index (χ2n) is 4.47. The molecule has 0 spiro atoms. The maximum absolute atomic E-state index is 11.8. The van der Waals surface area contributed by atoms with Gasteiger partial charge >= 0.3 is 0 Å². The van der Waals surface area contributed by atoms with E-state index in [2.05, 4.69) is 0 Å². The Morgan fingerprint density at radius 1 is 1.38 bits per heavy atom. The minimum Gasteiger partial charge on any atom is -0.344 e. The fourth-order valence-electron chi connectivity index (χ4n) is 2.53. The number of carbonyl (C=O) groups is 1. The van der Waals surface area contributed by atoms with E-state index in [1.54, 1.807) is 4.90 Å². The number of likely N-dealkylation sites (N-methyl/N-ethyl adjacent to an activating group) is 1. The van der Waals surface area contributed by atoms with Crippen molar-refractivity contribution in [2.75, 3.05) is 20.1 Å². The van der Waals surface area contributed by atoms with Crippen LogP contribution in [0.1, 0.15) is 19.3 Å². The molecular weight excluding hydrogens is 164 g/mol. The van der Waals surface area contributed by atoms with E-state index >= 15 is 0 Å². The third-order valence-corrected chi connectivity index (χ3v) is 3.43. The average molecular weight is 182 g/mol. The zero-order valence-electron chi connectivity index (χ0n) is 8.20. The molecule has 0 radical (unpaired) electrons. The number of rotatable bonds is 3. The van der Waals surface area contributed by atoms with Gasteiger partial charge in [0.25, 0.3) is 0 Å². The Bertz CT molecular complexity index is 207. The van der Waals surface area contributed by atoms with Gasteiger partial charge in [0, 0.05) is 26.1 Å². The van der Waals surface area contributed by atoms with Crippen molar-refractivity contribution in [3.05, 3.63) is 0 Å². The van der Waals surface area contributed by atoms with Crippen molar-refractivity contribution in [3.63, 3.8) is 0 Å². The first-order valence-electron chi connectivity index (χ1n) is 5.17. The van der Waals surface area contributed by atoms with Gasteiger partial charge in [0.15, 0.2) is 0 Å². The van der Waals surface area contributed by atoms with Crippen LogP contribution in [-0.2, 0) is 4.79 Å². The van der Waals surface area contributed by atoms with Gasteiger partial charge in [-0.25, -0.2) is 0 Å². The Kier molecular flexibility index (Phi) is 2.28. The Hall–Kier alpha value is -0.570. The molecule has 3 nitrogen and oxygen atoms in total. The third-order valence-electron chi connectivity index (χ3n) is 3.43. The first-order valence-corrected chi connectivity index (χ1v) is 5.17. The maximum atomic E-state index is 11.8. The predicted molar refractivity (Wildman–Crippen MR) is 51.0 cm³/mol. The lowest BCUT2D eigenvalue weighted by molar-refractivity contribution is -0.134. The molecule has 2 saturated carbocycles. The maximum Gasteiger partial charge on any atom is 0.225 e. The molecule has 0 heterocycles. The summed E-state index contributed by atoms with van der Waals surface area (Å²) in [4.78, 5) is 13.6. The molecule has 3 heteroatoms. The molecule has 2 N–H and O–H groups in total. The monoisotopic (exact) mass is 182 g/mol. The van der Waals surface area contributed by atoms with Crippen molar-refractivity contribution in [1.82, 2.24) is 4.90 Å². The van der Waals surface area contributed by atoms with Crippen LogP contribution in [0.25, 0.3) is 0 Å². The van der Waals surface area contributed by atoms with Gasteiger partial charge in [-0.15, -0.1) is 0 Å². The van der Waals surface area contributed by atoms with E-state index in [1.807, 2.05) is 7.05 Å². The van der Waals surface area contributed by atoms with Crippen LogP contribution in [0.3, 0.4) is 0 Å². The van der Waals surface area contributed by atoms with E-state index in [9.17, 15) is 4.79 Å². The largest absolute Gasteiger partial charge is 0.344 e. The molecule has 2 fully saturated rings. The highest BCUT2D eigenvalue weighted by atomic mass is 16.2. The highest BCUT2D eigenvalue weighted by molar-refractivity contribution is 5.79. The van der Waals surface area contributed by atoms with Gasteiger partial charge in [0.05, 0.1) is 0 Å². The summed E-state index contributed by atoms with van der Waals surface area (Å²) in [5, 5.41) is 0. The summed E-state index contributed by atoms with van der Waals surface area (Å²) in [6, 6.07) is 0. The highest BCUT2D eigenvalue weighted by Gasteiger charge is 2.48. The summed E-state index contributed by atoms with van der Waals surface area (Å²) in [5.74, 6) is 2.42. The molecule has 0 aromatic carbocycles. The lowest BCUT2D eigenvalue weighted by Gasteiger charge is -2.20. The third kappa shape index (κ3) is 1.70. The molecule has 2 unspecified atom stereocenters. The molecule has 2 aliphatic carbocycles. The summed E-state index contributed by atoms with van der Waals surface area (Å²) in [5.41, 5.74) is 5.41. The van der Waals surface area contributed by atoms with Crippen molar-refractivity contribution in [1.29, 1.82) is 0 Å². The molecule has 0 saturated heterocycles. The van der Waals surface area contributed by atoms with Crippen molar-refractivity contribution < 1.29 is 4.79 Å². The number of hydrogen-bond acceptors (Lipinski definition) is 2. The molecule has 2 rings (SSSR count). The van der Waals surface area contributed by atoms with Crippen molar-refractivity contribution in [2.45, 2.75) is 19.3 Å². The molecule has 0 aromatic rings. The number of amides is 1. The van der Waals surface area contributed by atoms with Gasteiger partial charge < -0.3 is 10.6 Å². The van der Waals surface area contributed by atoms with Crippen LogP contribution >= 0.6 is 0 Å². The molecule has 0 aliphatic heterocycles. The molecular formula is C10H18N2O. The highest BCUT2D eigenvalue weighted by Crippen LogP contribution is 2.54. The molecule has 13 heavy (non-hydrogen) atoms. The fourth-order valence-corrected chi connectivity index (χ4v) is 2.53. The first-order chi connectivity index (χ1) is 6.22. The van der Waals surface area contributed by atoms with Crippen LogP contribution in [0.15, 0.2) is 0 Å². The zero-order valence-corrected chi connectivity index (χ0v) is 8.20. The second-order valence-corrected chi connectivity index (χ2v) is 4.47. The minimum atomic E-state index is 0.317. The number of fused-ring (bicyclic) bond motifs is 1. The summed E-state index contributed by atoms with van der Waals surface area (Å²) < 4.78 is 0. The van der Waals surface area contributed by atoms with Crippen LogP contribution < -0.4 is 5.73 Å². The molecule has 2 aliphatic rings. The van der Waals surface area contributed by atoms with Crippen LogP contribution in [0.4, 0.5) is 0 Å². The SMILES string of the molecule is CN(CCN)C(=O)C1CC2CC2C1. The quantitative estimate of drug-likeness (QED) is 0.689. The Labute approximate surface area is 79.3 Å². The van der Waals surface area contributed by atoms with Gasteiger partial charge in [-0.2, -0.15) is 0 Å². The second kappa shape index (κ2) is 3.29. The Morgan fingerprint density at radius 2 is 2.00 bits per heavy atom. The van der Waals surface area contributed by atoms with Crippen LogP contribution in [0.2, 0.25) is 0 Å². The summed E-state index contributed by atoms with van der Waals surface area (Å²) in [6.45, 7) is 1.27. The van der Waals surface area contributed by atoms with Gasteiger partial charge in [-0.3, -0.25) is 4.79 Å². The lowest BCUT2D eigenvalue weighted by Crippen LogP contribution is -2.35. The van der Waals surface area contributed by atoms with E-state index in [0.29, 0.717) is 24.9 Å². The molecule has 0 aromatic heterocycles. The van der Waals surface area contributed by atoms with E-state index in [-0.39, 0.29) is 0 Å². The van der Waals surface area contributed by atoms with Gasteiger partial charge in [-0.05, 0) is 31.1 Å². The van der Waals surface area contributed by atoms with Crippen molar-refractivity contribution in [3.8, 4) is 0 Å². The number of carbonyl (C=O) groups excluding carboxylic acids is 1. The van der Waals surface area contributed by atoms with E-state index in [1.165, 1.54) is 6.42 Å². The summed E-state index contributed by atoms with van der Waals surface area (Å²) >= 11 is 0. The smallest absolute Gasteiger partial charge is 0.225 e. The standard InChI is InChI=1S/C10H18N2O/c1-12(3-2-11)10(13)9-5-7-4-8(7)6-9/h7-9H,2-6,11H2,1H3. The Balaban J connectivity index is 1.82. The molecule has 74 valence electrons. The van der Waals surface area contributed by atoms with E-state index in [0.717, 1.165) is 24.7 Å². The number of nitrogens with zero attached hydrogens (tertiary/aromatic N) is 1. The average Bonchev–Trinajstić information content (AvgIpc) is 2.73. The van der Waals surface area contributed by atoms with Crippen molar-refractivity contribution in [2.24, 2.45) is 23.5 Å². The topological polar surface area (TPSA) is 46.3 Å². The number of nitrogens with two attached hydrogens (primary N) is 1. The van der Waals surface area contributed by atoms with Gasteiger partial charge in [0.2, 0.25) is 5.91 Å². The summed E-state index contributed by atoms with van der Waals surface area (Å²) in [6.07, 6.45) is 3.65. The molecule has 0 bridgehead atoms. The van der Waals surface area contributed by atoms with E-state index < -0.39 is 0 Å². The fraction of sp³-hybridized carbons (Fsp3) is 0.900. The van der Waals surface area contributed by atoms with Crippen LogP contribution in [0, 0.1) is 17.8 Å². The zero-order chi connectivity index (χ0) is 9.42. The van der Waals surface area contributed by atoms with E-state index in [4.69, 9.17) is 5.73 Å². The first kappa shape index (κ1) is 9.00. The van der Waals surface area contributed by atoms with Crippen LogP contribution in [0.5, 0.6) is 0 Å².